The first-order chi connectivity index (χ1) is 15.7. The van der Waals surface area contributed by atoms with Crippen molar-refractivity contribution >= 4 is 35.2 Å². The molecule has 4 rings (SSSR count). The highest BCUT2D eigenvalue weighted by Gasteiger charge is 2.36. The van der Waals surface area contributed by atoms with Gasteiger partial charge in [-0.1, -0.05) is 11.6 Å². The Bertz CT molecular complexity index is 1130. The van der Waals surface area contributed by atoms with Crippen molar-refractivity contribution in [3.05, 3.63) is 63.7 Å². The number of rotatable bonds is 4. The second-order valence-corrected chi connectivity index (χ2v) is 8.47. The monoisotopic (exact) mass is 477 g/mol. The second kappa shape index (κ2) is 9.35. The topological polar surface area (TPSA) is 87.7 Å². The molecule has 0 saturated carbocycles. The fourth-order valence-corrected chi connectivity index (χ4v) is 4.44. The fraction of sp³-hybridized carbons (Fsp3) is 0.348. The van der Waals surface area contributed by atoms with Crippen LogP contribution >= 0.6 is 11.6 Å². The van der Waals surface area contributed by atoms with Crippen LogP contribution in [0.15, 0.2) is 30.3 Å². The van der Waals surface area contributed by atoms with Gasteiger partial charge in [-0.25, -0.2) is 13.6 Å². The lowest BCUT2D eigenvalue weighted by Crippen LogP contribution is -2.44. The van der Waals surface area contributed by atoms with Crippen molar-refractivity contribution in [3.63, 3.8) is 0 Å². The molecule has 1 heterocycles. The van der Waals surface area contributed by atoms with E-state index >= 15 is 0 Å². The summed E-state index contributed by atoms with van der Waals surface area (Å²) < 4.78 is 33.6. The van der Waals surface area contributed by atoms with Crippen molar-refractivity contribution in [2.24, 2.45) is 0 Å². The Kier molecular flexibility index (Phi) is 6.51. The normalized spacial score (nSPS) is 19.5. The summed E-state index contributed by atoms with van der Waals surface area (Å²) in [4.78, 5) is 38.3. The summed E-state index contributed by atoms with van der Waals surface area (Å²) in [5, 5.41) is 5.12. The van der Waals surface area contributed by atoms with E-state index in [-0.39, 0.29) is 22.1 Å². The highest BCUT2D eigenvalue weighted by molar-refractivity contribution is 6.31. The summed E-state index contributed by atoms with van der Waals surface area (Å²) in [7, 11) is 1.50. The Balaban J connectivity index is 1.52. The van der Waals surface area contributed by atoms with Crippen LogP contribution in [0.4, 0.5) is 19.3 Å². The van der Waals surface area contributed by atoms with Crippen molar-refractivity contribution in [2.45, 2.75) is 44.4 Å². The maximum atomic E-state index is 14.8. The zero-order chi connectivity index (χ0) is 23.7. The lowest BCUT2D eigenvalue weighted by Gasteiger charge is -2.29. The Morgan fingerprint density at radius 1 is 1.15 bits per heavy atom. The number of nitrogens with one attached hydrogen (secondary N) is 2. The lowest BCUT2D eigenvalue weighted by molar-refractivity contribution is -0.126. The number of hydrogen-bond donors (Lipinski definition) is 2. The molecule has 7 nitrogen and oxygen atoms in total. The number of hydrogen-bond acceptors (Lipinski definition) is 4. The van der Waals surface area contributed by atoms with E-state index in [1.54, 1.807) is 0 Å². The maximum Gasteiger partial charge on any atom is 0.411 e. The number of ether oxygens (including phenoxy) is 1. The molecule has 2 aromatic carbocycles. The van der Waals surface area contributed by atoms with Gasteiger partial charge >= 0.3 is 6.09 Å². The second-order valence-electron chi connectivity index (χ2n) is 8.07. The summed E-state index contributed by atoms with van der Waals surface area (Å²) >= 11 is 5.77. The fourth-order valence-electron chi connectivity index (χ4n) is 4.26. The standard InChI is InChI=1S/C23H22ClF2N3O4/c1-29(23(32)33-20-4-2-3-19(30)28-20)18-10-7-13-14(6-9-17(26)21(13)18)22(31)27-12-5-8-16(25)15(24)11-12/h5-6,8-9,11,18,20H,2-4,7,10H2,1H3,(H,27,31)(H,28,30)/t18-,20+/m0/s1. The van der Waals surface area contributed by atoms with Crippen LogP contribution in [-0.4, -0.2) is 36.1 Å². The van der Waals surface area contributed by atoms with E-state index in [1.165, 1.54) is 36.2 Å². The molecule has 33 heavy (non-hydrogen) atoms. The van der Waals surface area contributed by atoms with E-state index in [4.69, 9.17) is 16.3 Å². The Hall–Kier alpha value is -3.20. The average molecular weight is 478 g/mol. The van der Waals surface area contributed by atoms with E-state index in [0.717, 1.165) is 6.07 Å². The van der Waals surface area contributed by atoms with Gasteiger partial charge in [0.15, 0.2) is 6.23 Å². The third kappa shape index (κ3) is 4.78. The summed E-state index contributed by atoms with van der Waals surface area (Å²) in [5.74, 6) is -1.82. The molecule has 2 N–H and O–H groups in total. The minimum Gasteiger partial charge on any atom is -0.425 e. The SMILES string of the molecule is CN(C(=O)O[C@@H]1CCCC(=O)N1)[C@H]1CCc2c(C(=O)Nc3ccc(F)c(Cl)c3)ccc(F)c21. The van der Waals surface area contributed by atoms with Crippen LogP contribution in [0.5, 0.6) is 0 Å². The summed E-state index contributed by atoms with van der Waals surface area (Å²) in [6.07, 6.45) is 0.899. The van der Waals surface area contributed by atoms with E-state index in [2.05, 4.69) is 10.6 Å². The summed E-state index contributed by atoms with van der Waals surface area (Å²) in [6.45, 7) is 0. The van der Waals surface area contributed by atoms with Crippen LogP contribution in [0.25, 0.3) is 0 Å². The van der Waals surface area contributed by atoms with Crippen LogP contribution < -0.4 is 10.6 Å². The molecule has 0 aromatic heterocycles. The van der Waals surface area contributed by atoms with Crippen LogP contribution in [0, 0.1) is 11.6 Å². The number of carbonyl (C=O) groups excluding carboxylic acids is 3. The van der Waals surface area contributed by atoms with Crippen molar-refractivity contribution in [2.75, 3.05) is 12.4 Å². The van der Waals surface area contributed by atoms with Crippen LogP contribution in [-0.2, 0) is 16.0 Å². The number of anilines is 1. The third-order valence-corrected chi connectivity index (χ3v) is 6.21. The highest BCUT2D eigenvalue weighted by Crippen LogP contribution is 2.39. The molecule has 2 aliphatic rings. The lowest BCUT2D eigenvalue weighted by atomic mass is 10.0. The number of piperidine rings is 1. The predicted molar refractivity (Wildman–Crippen MR) is 117 cm³/mol. The molecule has 10 heteroatoms. The molecular weight excluding hydrogens is 456 g/mol. The van der Waals surface area contributed by atoms with Crippen molar-refractivity contribution < 1.29 is 27.9 Å². The number of carbonyl (C=O) groups is 3. The summed E-state index contributed by atoms with van der Waals surface area (Å²) in [5.41, 5.74) is 1.31. The van der Waals surface area contributed by atoms with Crippen molar-refractivity contribution in [1.29, 1.82) is 0 Å². The third-order valence-electron chi connectivity index (χ3n) is 5.92. The van der Waals surface area contributed by atoms with E-state index in [0.29, 0.717) is 43.4 Å². The van der Waals surface area contributed by atoms with Crippen LogP contribution in [0.2, 0.25) is 5.02 Å². The van der Waals surface area contributed by atoms with E-state index < -0.39 is 35.9 Å². The predicted octanol–water partition coefficient (Wildman–Crippen LogP) is 4.55. The largest absolute Gasteiger partial charge is 0.425 e. The van der Waals surface area contributed by atoms with Gasteiger partial charge in [0.2, 0.25) is 5.91 Å². The molecule has 2 atom stereocenters. The summed E-state index contributed by atoms with van der Waals surface area (Å²) in [6, 6.07) is 5.74. The molecule has 0 radical (unpaired) electrons. The van der Waals surface area contributed by atoms with Gasteiger partial charge in [-0.3, -0.25) is 9.59 Å². The van der Waals surface area contributed by atoms with Gasteiger partial charge in [0.1, 0.15) is 11.6 Å². The van der Waals surface area contributed by atoms with Crippen LogP contribution in [0.1, 0.15) is 53.2 Å². The van der Waals surface area contributed by atoms with Gasteiger partial charge in [0.25, 0.3) is 5.91 Å². The molecular formula is C23H22ClF2N3O4. The minimum absolute atomic E-state index is 0.133. The molecule has 0 bridgehead atoms. The molecule has 0 spiro atoms. The Morgan fingerprint density at radius 2 is 1.91 bits per heavy atom. The van der Waals surface area contributed by atoms with Gasteiger partial charge in [0, 0.05) is 36.7 Å². The highest BCUT2D eigenvalue weighted by atomic mass is 35.5. The first-order valence-corrected chi connectivity index (χ1v) is 10.9. The molecule has 1 saturated heterocycles. The van der Waals surface area contributed by atoms with Crippen molar-refractivity contribution in [1.82, 2.24) is 10.2 Å². The number of halogens is 3. The Labute approximate surface area is 194 Å². The molecule has 1 aliphatic carbocycles. The molecule has 0 unspecified atom stereocenters. The zero-order valence-corrected chi connectivity index (χ0v) is 18.5. The van der Waals surface area contributed by atoms with E-state index in [1.807, 2.05) is 0 Å². The number of fused-ring (bicyclic) bond motifs is 1. The Morgan fingerprint density at radius 3 is 2.64 bits per heavy atom. The smallest absolute Gasteiger partial charge is 0.411 e. The minimum atomic E-state index is -0.716. The van der Waals surface area contributed by atoms with Crippen LogP contribution in [0.3, 0.4) is 0 Å². The molecule has 2 aromatic rings. The molecule has 3 amide bonds. The first kappa shape index (κ1) is 23.0. The van der Waals surface area contributed by atoms with Gasteiger partial charge in [0.05, 0.1) is 11.1 Å². The molecule has 1 aliphatic heterocycles. The molecule has 174 valence electrons. The van der Waals surface area contributed by atoms with Gasteiger partial charge in [-0.2, -0.15) is 0 Å². The quantitative estimate of drug-likeness (QED) is 0.676. The van der Waals surface area contributed by atoms with Gasteiger partial charge < -0.3 is 20.3 Å². The number of nitrogens with zero attached hydrogens (tertiary/aromatic N) is 1. The zero-order valence-electron chi connectivity index (χ0n) is 17.8. The van der Waals surface area contributed by atoms with Gasteiger partial charge in [-0.05, 0) is 55.2 Å². The maximum absolute atomic E-state index is 14.8. The number of amides is 3. The first-order valence-electron chi connectivity index (χ1n) is 10.5. The number of benzene rings is 2. The van der Waals surface area contributed by atoms with E-state index in [9.17, 15) is 23.2 Å². The van der Waals surface area contributed by atoms with Crippen molar-refractivity contribution in [3.8, 4) is 0 Å². The van der Waals surface area contributed by atoms with Gasteiger partial charge in [-0.15, -0.1) is 0 Å². The average Bonchev–Trinajstić information content (AvgIpc) is 3.22. The molecule has 1 fully saturated rings.